The van der Waals surface area contributed by atoms with Crippen LogP contribution in [0.4, 0.5) is 18.9 Å². The molecular formula is C20H22ClF3N6O. The zero-order valence-electron chi connectivity index (χ0n) is 17.2. The highest BCUT2D eigenvalue weighted by atomic mass is 35.5. The average molecular weight is 455 g/mol. The third-order valence-electron chi connectivity index (χ3n) is 4.95. The maximum Gasteiger partial charge on any atom is 0.434 e. The molecule has 0 spiro atoms. The molecule has 0 unspecified atom stereocenters. The lowest BCUT2D eigenvalue weighted by Crippen LogP contribution is -2.41. The van der Waals surface area contributed by atoms with Crippen molar-refractivity contribution in [3.05, 3.63) is 47.0 Å². The molecule has 166 valence electrons. The molecule has 1 atom stereocenters. The highest BCUT2D eigenvalue weighted by Crippen LogP contribution is 2.32. The van der Waals surface area contributed by atoms with E-state index in [4.69, 9.17) is 17.4 Å². The quantitative estimate of drug-likeness (QED) is 0.322. The number of amidine groups is 1. The molecule has 2 aromatic rings. The van der Waals surface area contributed by atoms with E-state index >= 15 is 0 Å². The Morgan fingerprint density at radius 3 is 2.45 bits per heavy atom. The molecule has 31 heavy (non-hydrogen) atoms. The van der Waals surface area contributed by atoms with Gasteiger partial charge in [-0.2, -0.15) is 18.3 Å². The van der Waals surface area contributed by atoms with Gasteiger partial charge in [-0.3, -0.25) is 9.69 Å². The highest BCUT2D eigenvalue weighted by Gasteiger charge is 2.40. The van der Waals surface area contributed by atoms with Crippen LogP contribution in [-0.4, -0.2) is 38.5 Å². The first-order valence-electron chi connectivity index (χ1n) is 9.59. The van der Waals surface area contributed by atoms with E-state index < -0.39 is 23.8 Å². The van der Waals surface area contributed by atoms with Crippen LogP contribution in [0.1, 0.15) is 37.8 Å². The monoisotopic (exact) mass is 454 g/mol. The Morgan fingerprint density at radius 2 is 1.94 bits per heavy atom. The first-order valence-corrected chi connectivity index (χ1v) is 9.97. The van der Waals surface area contributed by atoms with Crippen molar-refractivity contribution in [1.82, 2.24) is 14.5 Å². The van der Waals surface area contributed by atoms with Crippen molar-refractivity contribution in [2.45, 2.75) is 39.4 Å². The Kier molecular flexibility index (Phi) is 6.40. The molecule has 2 N–H and O–H groups in total. The minimum atomic E-state index is -4.59. The number of aliphatic imine (C=N–C) groups is 1. The molecule has 0 aliphatic carbocycles. The van der Waals surface area contributed by atoms with Crippen LogP contribution in [-0.2, 0) is 11.0 Å². The van der Waals surface area contributed by atoms with Crippen LogP contribution >= 0.6 is 11.6 Å². The van der Waals surface area contributed by atoms with Crippen molar-refractivity contribution in [3.8, 4) is 0 Å². The molecule has 0 radical (unpaired) electrons. The molecule has 1 aliphatic heterocycles. The van der Waals surface area contributed by atoms with Gasteiger partial charge in [0.2, 0.25) is 0 Å². The fourth-order valence-electron chi connectivity index (χ4n) is 3.44. The van der Waals surface area contributed by atoms with Crippen molar-refractivity contribution in [2.75, 3.05) is 6.54 Å². The van der Waals surface area contributed by atoms with Crippen molar-refractivity contribution in [3.63, 3.8) is 0 Å². The minimum absolute atomic E-state index is 0.109. The van der Waals surface area contributed by atoms with Crippen LogP contribution in [0.5, 0.6) is 0 Å². The number of nitrogens with two attached hydrogens (primary N) is 1. The van der Waals surface area contributed by atoms with E-state index in [1.54, 1.807) is 24.3 Å². The molecule has 1 aromatic carbocycles. The van der Waals surface area contributed by atoms with Gasteiger partial charge in [0.05, 0.1) is 11.4 Å². The number of carbonyl (C=O) groups is 1. The third kappa shape index (κ3) is 4.73. The number of halogens is 4. The molecule has 1 amide bonds. The molecule has 1 aliphatic rings. The van der Waals surface area contributed by atoms with Crippen LogP contribution in [0.2, 0.25) is 5.02 Å². The van der Waals surface area contributed by atoms with Gasteiger partial charge in [0, 0.05) is 17.8 Å². The Bertz CT molecular complexity index is 1030. The number of rotatable bonds is 4. The summed E-state index contributed by atoms with van der Waals surface area (Å²) in [5, 5.41) is 4.37. The summed E-state index contributed by atoms with van der Waals surface area (Å²) in [6.45, 7) is 5.44. The number of imidazole rings is 1. The Labute approximate surface area is 182 Å². The van der Waals surface area contributed by atoms with Crippen LogP contribution in [0.3, 0.4) is 0 Å². The summed E-state index contributed by atoms with van der Waals surface area (Å²) < 4.78 is 40.3. The van der Waals surface area contributed by atoms with Gasteiger partial charge in [-0.05, 0) is 43.5 Å². The zero-order valence-corrected chi connectivity index (χ0v) is 17.9. The van der Waals surface area contributed by atoms with Gasteiger partial charge in [0.1, 0.15) is 11.9 Å². The number of nitrogens with zero attached hydrogens (tertiary/aromatic N) is 5. The van der Waals surface area contributed by atoms with Gasteiger partial charge in [-0.1, -0.05) is 25.4 Å². The summed E-state index contributed by atoms with van der Waals surface area (Å²) >= 11 is 5.92. The summed E-state index contributed by atoms with van der Waals surface area (Å²) in [6, 6.07) is 6.00. The van der Waals surface area contributed by atoms with Crippen molar-refractivity contribution < 1.29 is 18.0 Å². The van der Waals surface area contributed by atoms with Crippen LogP contribution < -0.4 is 5.84 Å². The average Bonchev–Trinajstić information content (AvgIpc) is 3.26. The molecule has 7 nitrogen and oxygen atoms in total. The molecule has 3 rings (SSSR count). The van der Waals surface area contributed by atoms with E-state index in [1.807, 2.05) is 13.8 Å². The van der Waals surface area contributed by atoms with Gasteiger partial charge in [0.15, 0.2) is 11.5 Å². The smallest absolute Gasteiger partial charge is 0.322 e. The molecule has 2 heterocycles. The maximum atomic E-state index is 13.1. The van der Waals surface area contributed by atoms with Gasteiger partial charge in [0.25, 0.3) is 5.91 Å². The zero-order chi connectivity index (χ0) is 22.9. The summed E-state index contributed by atoms with van der Waals surface area (Å²) in [4.78, 5) is 22.6. The Morgan fingerprint density at radius 1 is 1.29 bits per heavy atom. The predicted molar refractivity (Wildman–Crippen MR) is 112 cm³/mol. The van der Waals surface area contributed by atoms with E-state index in [0.29, 0.717) is 22.8 Å². The second kappa shape index (κ2) is 8.70. The number of carbonyl (C=O) groups excluding carboxylic acids is 1. The standard InChI is InChI=1S/C20H22ClF3N6O/c1-11(2)17(27-14-6-4-13(21)5-7-14)18(28-25)29-9-8-15(19(29)31)30-10-16(20(22,23)24)26-12(30)3/h4-7,10-11,15H,8-9,25H2,1-3H3/t15-/m0/s1. The number of alkyl halides is 3. The van der Waals surface area contributed by atoms with Crippen molar-refractivity contribution >= 4 is 34.7 Å². The minimum Gasteiger partial charge on any atom is -0.322 e. The lowest BCUT2D eigenvalue weighted by molar-refractivity contribution is -0.141. The number of aromatic nitrogens is 2. The fourth-order valence-corrected chi connectivity index (χ4v) is 3.56. The molecule has 0 saturated carbocycles. The van der Waals surface area contributed by atoms with Gasteiger partial charge in [-0.15, -0.1) is 0 Å². The fraction of sp³-hybridized carbons (Fsp3) is 0.400. The molecule has 11 heteroatoms. The van der Waals surface area contributed by atoms with E-state index in [1.165, 1.54) is 16.4 Å². The Balaban J connectivity index is 1.92. The molecule has 1 saturated heterocycles. The van der Waals surface area contributed by atoms with E-state index in [2.05, 4.69) is 15.1 Å². The number of hydrogen-bond donors (Lipinski definition) is 1. The number of amides is 1. The van der Waals surface area contributed by atoms with Crippen molar-refractivity contribution in [2.24, 2.45) is 21.9 Å². The number of hydrazone groups is 1. The van der Waals surface area contributed by atoms with Gasteiger partial charge < -0.3 is 10.4 Å². The molecule has 1 aromatic heterocycles. The van der Waals surface area contributed by atoms with Crippen LogP contribution in [0.25, 0.3) is 0 Å². The normalized spacial score (nSPS) is 18.4. The topological polar surface area (TPSA) is 88.9 Å². The SMILES string of the molecule is Cc1nc(C(F)(F)F)cn1[C@H]1CCN(C(=NN)C(=Nc2ccc(Cl)cc2)C(C)C)C1=O. The number of benzene rings is 1. The third-order valence-corrected chi connectivity index (χ3v) is 5.20. The second-order valence-corrected chi connectivity index (χ2v) is 7.89. The van der Waals surface area contributed by atoms with Crippen molar-refractivity contribution in [1.29, 1.82) is 0 Å². The summed E-state index contributed by atoms with van der Waals surface area (Å²) in [7, 11) is 0. The molecule has 1 fully saturated rings. The number of aryl methyl sites for hydroxylation is 1. The molecule has 0 bridgehead atoms. The molecular weight excluding hydrogens is 433 g/mol. The predicted octanol–water partition coefficient (Wildman–Crippen LogP) is 4.34. The largest absolute Gasteiger partial charge is 0.434 e. The van der Waals surface area contributed by atoms with Crippen LogP contribution in [0.15, 0.2) is 40.6 Å². The van der Waals surface area contributed by atoms with E-state index in [0.717, 1.165) is 6.20 Å². The van der Waals surface area contributed by atoms with Gasteiger partial charge in [-0.25, -0.2) is 9.98 Å². The van der Waals surface area contributed by atoms with E-state index in [9.17, 15) is 18.0 Å². The lowest BCUT2D eigenvalue weighted by atomic mass is 10.1. The summed E-state index contributed by atoms with van der Waals surface area (Å²) in [5.41, 5.74) is 0.0611. The number of hydrogen-bond acceptors (Lipinski definition) is 5. The lowest BCUT2D eigenvalue weighted by Gasteiger charge is -2.22. The van der Waals surface area contributed by atoms with Crippen LogP contribution in [0, 0.1) is 12.8 Å². The second-order valence-electron chi connectivity index (χ2n) is 7.45. The number of likely N-dealkylation sites (tertiary alicyclic amines) is 1. The maximum absolute atomic E-state index is 13.1. The van der Waals surface area contributed by atoms with Gasteiger partial charge >= 0.3 is 6.18 Å². The Hall–Kier alpha value is -2.88. The summed E-state index contributed by atoms with van der Waals surface area (Å²) in [5.74, 6) is 5.38. The first-order chi connectivity index (χ1) is 14.5. The highest BCUT2D eigenvalue weighted by molar-refractivity contribution is 6.44. The van der Waals surface area contributed by atoms with E-state index in [-0.39, 0.29) is 24.1 Å². The summed E-state index contributed by atoms with van der Waals surface area (Å²) in [6.07, 6.45) is -3.43. The first kappa shape index (κ1) is 22.8.